The lowest BCUT2D eigenvalue weighted by Gasteiger charge is -2.37. The van der Waals surface area contributed by atoms with Crippen LogP contribution >= 0.6 is 0 Å². The number of piperidine rings is 1. The molecule has 26 heavy (non-hydrogen) atoms. The minimum Gasteiger partial charge on any atom is -0.341 e. The molecule has 0 aliphatic carbocycles. The molecular formula is C22H29N3O. The predicted octanol–water partition coefficient (Wildman–Crippen LogP) is 3.18. The fraction of sp³-hybridized carbons (Fsp3) is 0.455. The summed E-state index contributed by atoms with van der Waals surface area (Å²) in [4.78, 5) is 21.2. The maximum atomic E-state index is 12.6. The van der Waals surface area contributed by atoms with Crippen LogP contribution in [0.25, 0.3) is 0 Å². The fourth-order valence-electron chi connectivity index (χ4n) is 3.66. The monoisotopic (exact) mass is 351 g/mol. The van der Waals surface area contributed by atoms with Crippen LogP contribution in [0.5, 0.6) is 0 Å². The first kappa shape index (κ1) is 18.6. The van der Waals surface area contributed by atoms with Gasteiger partial charge in [0.2, 0.25) is 5.91 Å². The van der Waals surface area contributed by atoms with Crippen LogP contribution in [0.1, 0.15) is 30.4 Å². The maximum Gasteiger partial charge on any atom is 0.222 e. The lowest BCUT2D eigenvalue weighted by molar-refractivity contribution is -0.133. The SMILES string of the molecule is CN(C(=O)CCc1cccnc1)[C@H]1CCCN(CCc2ccccc2)C1. The number of likely N-dealkylation sites (tertiary alicyclic amines) is 1. The molecule has 2 heterocycles. The second-order valence-corrected chi connectivity index (χ2v) is 7.20. The fourth-order valence-corrected chi connectivity index (χ4v) is 3.66. The summed E-state index contributed by atoms with van der Waals surface area (Å²) in [6.45, 7) is 3.20. The van der Waals surface area contributed by atoms with Crippen molar-refractivity contribution in [2.45, 2.75) is 38.1 Å². The van der Waals surface area contributed by atoms with Gasteiger partial charge in [0.15, 0.2) is 0 Å². The Morgan fingerprint density at radius 1 is 1.15 bits per heavy atom. The zero-order chi connectivity index (χ0) is 18.2. The van der Waals surface area contributed by atoms with Gasteiger partial charge in [-0.1, -0.05) is 36.4 Å². The first-order valence-corrected chi connectivity index (χ1v) is 9.63. The molecule has 3 rings (SSSR count). The van der Waals surface area contributed by atoms with Crippen LogP contribution in [-0.4, -0.2) is 53.4 Å². The van der Waals surface area contributed by atoms with Gasteiger partial charge in [0.1, 0.15) is 0 Å². The molecule has 1 aromatic heterocycles. The van der Waals surface area contributed by atoms with E-state index in [2.05, 4.69) is 40.2 Å². The molecule has 1 fully saturated rings. The Morgan fingerprint density at radius 3 is 2.73 bits per heavy atom. The molecule has 2 aromatic rings. The van der Waals surface area contributed by atoms with Crippen molar-refractivity contribution in [2.75, 3.05) is 26.7 Å². The number of nitrogens with zero attached hydrogens (tertiary/aromatic N) is 3. The van der Waals surface area contributed by atoms with Gasteiger partial charge in [-0.3, -0.25) is 9.78 Å². The number of carbonyl (C=O) groups excluding carboxylic acids is 1. The second-order valence-electron chi connectivity index (χ2n) is 7.20. The Balaban J connectivity index is 1.46. The summed E-state index contributed by atoms with van der Waals surface area (Å²) in [7, 11) is 1.97. The third kappa shape index (κ3) is 5.40. The van der Waals surface area contributed by atoms with E-state index < -0.39 is 0 Å². The zero-order valence-corrected chi connectivity index (χ0v) is 15.7. The van der Waals surface area contributed by atoms with Crippen molar-refractivity contribution < 1.29 is 4.79 Å². The summed E-state index contributed by atoms with van der Waals surface area (Å²) in [6, 6.07) is 14.9. The summed E-state index contributed by atoms with van der Waals surface area (Å²) in [5.41, 5.74) is 2.51. The Hall–Kier alpha value is -2.20. The average molecular weight is 351 g/mol. The summed E-state index contributed by atoms with van der Waals surface area (Å²) < 4.78 is 0. The number of benzene rings is 1. The number of carbonyl (C=O) groups is 1. The van der Waals surface area contributed by atoms with E-state index in [0.717, 1.165) is 44.5 Å². The van der Waals surface area contributed by atoms with Crippen molar-refractivity contribution in [3.05, 3.63) is 66.0 Å². The van der Waals surface area contributed by atoms with Crippen molar-refractivity contribution in [2.24, 2.45) is 0 Å². The van der Waals surface area contributed by atoms with E-state index in [1.165, 1.54) is 12.0 Å². The Morgan fingerprint density at radius 2 is 1.96 bits per heavy atom. The van der Waals surface area contributed by atoms with Gasteiger partial charge < -0.3 is 9.80 Å². The smallest absolute Gasteiger partial charge is 0.222 e. The number of amides is 1. The molecule has 1 aliphatic heterocycles. The van der Waals surface area contributed by atoms with E-state index in [0.29, 0.717) is 12.5 Å². The molecule has 0 saturated carbocycles. The number of aromatic nitrogens is 1. The number of hydrogen-bond donors (Lipinski definition) is 0. The number of likely N-dealkylation sites (N-methyl/N-ethyl adjacent to an activating group) is 1. The zero-order valence-electron chi connectivity index (χ0n) is 15.7. The van der Waals surface area contributed by atoms with Crippen LogP contribution < -0.4 is 0 Å². The second kappa shape index (κ2) is 9.48. The molecule has 0 bridgehead atoms. The van der Waals surface area contributed by atoms with Gasteiger partial charge in [0, 0.05) is 45.0 Å². The normalized spacial score (nSPS) is 17.8. The summed E-state index contributed by atoms with van der Waals surface area (Å²) in [5, 5.41) is 0. The molecule has 4 nitrogen and oxygen atoms in total. The topological polar surface area (TPSA) is 36.4 Å². The molecule has 1 aromatic carbocycles. The molecule has 0 spiro atoms. The highest BCUT2D eigenvalue weighted by molar-refractivity contribution is 5.76. The Labute approximate surface area is 156 Å². The van der Waals surface area contributed by atoms with Gasteiger partial charge in [0.05, 0.1) is 0 Å². The van der Waals surface area contributed by atoms with Crippen LogP contribution in [0.2, 0.25) is 0 Å². The lowest BCUT2D eigenvalue weighted by Crippen LogP contribution is -2.49. The number of pyridine rings is 1. The first-order valence-electron chi connectivity index (χ1n) is 9.63. The van der Waals surface area contributed by atoms with Crippen molar-refractivity contribution in [1.82, 2.24) is 14.8 Å². The van der Waals surface area contributed by atoms with Crippen LogP contribution in [0.15, 0.2) is 54.9 Å². The highest BCUT2D eigenvalue weighted by atomic mass is 16.2. The summed E-state index contributed by atoms with van der Waals surface area (Å²) in [5.74, 6) is 0.240. The molecule has 0 radical (unpaired) electrons. The molecule has 1 saturated heterocycles. The number of aryl methyl sites for hydroxylation is 1. The van der Waals surface area contributed by atoms with Gasteiger partial charge in [-0.05, 0) is 49.4 Å². The van der Waals surface area contributed by atoms with E-state index >= 15 is 0 Å². The van der Waals surface area contributed by atoms with Crippen molar-refractivity contribution in [3.8, 4) is 0 Å². The minimum absolute atomic E-state index is 0.240. The Kier molecular flexibility index (Phi) is 6.78. The molecule has 4 heteroatoms. The van der Waals surface area contributed by atoms with E-state index in [9.17, 15) is 4.79 Å². The van der Waals surface area contributed by atoms with E-state index in [-0.39, 0.29) is 5.91 Å². The summed E-state index contributed by atoms with van der Waals surface area (Å²) in [6.07, 6.45) is 8.29. The van der Waals surface area contributed by atoms with Crippen molar-refractivity contribution in [1.29, 1.82) is 0 Å². The molecule has 1 atom stereocenters. The van der Waals surface area contributed by atoms with Crippen LogP contribution in [0, 0.1) is 0 Å². The third-order valence-corrected chi connectivity index (χ3v) is 5.33. The van der Waals surface area contributed by atoms with Crippen LogP contribution in [-0.2, 0) is 17.6 Å². The highest BCUT2D eigenvalue weighted by Gasteiger charge is 2.25. The maximum absolute atomic E-state index is 12.6. The third-order valence-electron chi connectivity index (χ3n) is 5.33. The molecule has 0 unspecified atom stereocenters. The molecule has 1 amide bonds. The van der Waals surface area contributed by atoms with Gasteiger partial charge in [-0.25, -0.2) is 0 Å². The largest absolute Gasteiger partial charge is 0.341 e. The van der Waals surface area contributed by atoms with Gasteiger partial charge in [0.25, 0.3) is 0 Å². The number of hydrogen-bond acceptors (Lipinski definition) is 3. The minimum atomic E-state index is 0.240. The van der Waals surface area contributed by atoms with Crippen LogP contribution in [0.4, 0.5) is 0 Å². The quantitative estimate of drug-likeness (QED) is 0.769. The van der Waals surface area contributed by atoms with Gasteiger partial charge >= 0.3 is 0 Å². The van der Waals surface area contributed by atoms with Gasteiger partial charge in [-0.15, -0.1) is 0 Å². The molecule has 0 N–H and O–H groups in total. The van der Waals surface area contributed by atoms with Gasteiger partial charge in [-0.2, -0.15) is 0 Å². The highest BCUT2D eigenvalue weighted by Crippen LogP contribution is 2.17. The lowest BCUT2D eigenvalue weighted by atomic mass is 10.0. The van der Waals surface area contributed by atoms with Crippen LogP contribution in [0.3, 0.4) is 0 Å². The van der Waals surface area contributed by atoms with Crippen molar-refractivity contribution in [3.63, 3.8) is 0 Å². The standard InChI is InChI=1S/C22H29N3O/c1-24(22(26)12-11-20-9-5-14-23-17-20)21-10-6-15-25(18-21)16-13-19-7-3-2-4-8-19/h2-5,7-9,14,17,21H,6,10-13,15-16,18H2,1H3/t21-/m0/s1. The Bertz CT molecular complexity index is 674. The first-order chi connectivity index (χ1) is 12.7. The van der Waals surface area contributed by atoms with E-state index in [1.54, 1.807) is 6.20 Å². The predicted molar refractivity (Wildman–Crippen MR) is 105 cm³/mol. The average Bonchev–Trinajstić information content (AvgIpc) is 2.71. The number of rotatable bonds is 7. The molecular weight excluding hydrogens is 322 g/mol. The van der Waals surface area contributed by atoms with Crippen molar-refractivity contribution >= 4 is 5.91 Å². The summed E-state index contributed by atoms with van der Waals surface area (Å²) >= 11 is 0. The van der Waals surface area contributed by atoms with E-state index in [1.807, 2.05) is 30.3 Å². The molecule has 1 aliphatic rings. The molecule has 138 valence electrons. The van der Waals surface area contributed by atoms with E-state index in [4.69, 9.17) is 0 Å².